The van der Waals surface area contributed by atoms with E-state index in [-0.39, 0.29) is 5.56 Å². The smallest absolute Gasteiger partial charge is 0.220 e. The first-order valence-electron chi connectivity index (χ1n) is 4.79. The number of ketones is 2. The molecule has 16 heavy (non-hydrogen) atoms. The lowest BCUT2D eigenvalue weighted by molar-refractivity contribution is -0.115. The highest BCUT2D eigenvalue weighted by atomic mass is 16.4. The highest BCUT2D eigenvalue weighted by molar-refractivity contribution is 6.69. The van der Waals surface area contributed by atoms with Crippen molar-refractivity contribution in [1.82, 2.24) is 4.98 Å². The van der Waals surface area contributed by atoms with E-state index < -0.39 is 23.2 Å². The lowest BCUT2D eigenvalue weighted by atomic mass is 9.99. The van der Waals surface area contributed by atoms with Crippen LogP contribution in [-0.4, -0.2) is 27.5 Å². The van der Waals surface area contributed by atoms with E-state index >= 15 is 0 Å². The summed E-state index contributed by atoms with van der Waals surface area (Å²) in [5, 5.41) is 11.5. The van der Waals surface area contributed by atoms with Gasteiger partial charge in [0.15, 0.2) is 11.5 Å². The van der Waals surface area contributed by atoms with Crippen molar-refractivity contribution >= 4 is 17.3 Å². The van der Waals surface area contributed by atoms with E-state index in [0.29, 0.717) is 0 Å². The molecule has 1 aromatic rings. The van der Waals surface area contributed by atoms with Crippen LogP contribution in [0.4, 0.5) is 0 Å². The zero-order valence-electron chi connectivity index (χ0n) is 9.04. The van der Waals surface area contributed by atoms with E-state index in [1.807, 2.05) is 0 Å². The summed E-state index contributed by atoms with van der Waals surface area (Å²) < 4.78 is 0. The minimum atomic E-state index is -0.616. The van der Waals surface area contributed by atoms with Crippen molar-refractivity contribution in [2.75, 3.05) is 0 Å². The molecule has 1 rings (SSSR count). The van der Waals surface area contributed by atoms with Gasteiger partial charge in [-0.05, 0) is 12.1 Å². The molecule has 1 heterocycles. The monoisotopic (exact) mass is 220 g/mol. The summed E-state index contributed by atoms with van der Waals surface area (Å²) in [6, 6.07) is 3.08. The van der Waals surface area contributed by atoms with Crippen LogP contribution in [0.3, 0.4) is 0 Å². The lowest BCUT2D eigenvalue weighted by Crippen LogP contribution is -2.28. The summed E-state index contributed by atoms with van der Waals surface area (Å²) in [6.45, 7) is 3.26. The van der Waals surface area contributed by atoms with Gasteiger partial charge in [-0.25, -0.2) is 0 Å². The van der Waals surface area contributed by atoms with Gasteiger partial charge in [-0.1, -0.05) is 19.0 Å². The molecule has 0 atom stereocenters. The Balaban J connectivity index is 3.01. The fourth-order valence-electron chi connectivity index (χ4n) is 1.11. The Labute approximate surface area is 92.8 Å². The molecule has 0 amide bonds. The molecule has 0 saturated carbocycles. The average molecular weight is 220 g/mol. The van der Waals surface area contributed by atoms with Gasteiger partial charge in [-0.2, -0.15) is 0 Å². The summed E-state index contributed by atoms with van der Waals surface area (Å²) in [5.74, 6) is -1.50. The molecular formula is C11H12N2O3. The number of oxime groups is 1. The predicted molar refractivity (Wildman–Crippen MR) is 57.6 cm³/mol. The van der Waals surface area contributed by atoms with Gasteiger partial charge >= 0.3 is 0 Å². The fraction of sp³-hybridized carbons (Fsp3) is 0.273. The van der Waals surface area contributed by atoms with E-state index in [4.69, 9.17) is 5.21 Å². The maximum Gasteiger partial charge on any atom is 0.220 e. The third-order valence-electron chi connectivity index (χ3n) is 2.00. The molecule has 0 saturated heterocycles. The van der Waals surface area contributed by atoms with E-state index in [2.05, 4.69) is 10.1 Å². The molecule has 0 bridgehead atoms. The van der Waals surface area contributed by atoms with Crippen LogP contribution in [0.1, 0.15) is 24.2 Å². The van der Waals surface area contributed by atoms with Gasteiger partial charge in [0.05, 0.1) is 0 Å². The number of Topliss-reactive ketones (excluding diaryl/α,β-unsaturated/α-hetero) is 2. The molecule has 0 unspecified atom stereocenters. The molecular weight excluding hydrogens is 208 g/mol. The Kier molecular flexibility index (Phi) is 3.88. The van der Waals surface area contributed by atoms with Crippen LogP contribution in [0.25, 0.3) is 0 Å². The molecule has 5 nitrogen and oxygen atoms in total. The summed E-state index contributed by atoms with van der Waals surface area (Å²) in [7, 11) is 0. The molecule has 0 aliphatic heterocycles. The zero-order valence-corrected chi connectivity index (χ0v) is 9.04. The van der Waals surface area contributed by atoms with Gasteiger partial charge in [-0.15, -0.1) is 0 Å². The van der Waals surface area contributed by atoms with Crippen molar-refractivity contribution in [3.05, 3.63) is 30.1 Å². The van der Waals surface area contributed by atoms with Gasteiger partial charge in [0, 0.05) is 23.9 Å². The van der Waals surface area contributed by atoms with E-state index in [1.165, 1.54) is 18.5 Å². The highest BCUT2D eigenvalue weighted by Gasteiger charge is 2.24. The van der Waals surface area contributed by atoms with E-state index in [1.54, 1.807) is 19.9 Å². The second-order valence-electron chi connectivity index (χ2n) is 3.54. The average Bonchev–Trinajstić information content (AvgIpc) is 2.30. The van der Waals surface area contributed by atoms with Crippen LogP contribution in [-0.2, 0) is 4.79 Å². The molecule has 0 aliphatic carbocycles. The molecule has 5 heteroatoms. The molecule has 0 aromatic carbocycles. The fourth-order valence-corrected chi connectivity index (χ4v) is 1.11. The number of nitrogens with zero attached hydrogens (tertiary/aromatic N) is 2. The number of aromatic nitrogens is 1. The predicted octanol–water partition coefficient (Wildman–Crippen LogP) is 1.32. The Hall–Kier alpha value is -2.04. The number of hydrogen-bond donors (Lipinski definition) is 1. The minimum Gasteiger partial charge on any atom is -0.410 e. The van der Waals surface area contributed by atoms with Crippen LogP contribution in [0.2, 0.25) is 0 Å². The van der Waals surface area contributed by atoms with Crippen LogP contribution in [0.5, 0.6) is 0 Å². The van der Waals surface area contributed by atoms with Crippen molar-refractivity contribution < 1.29 is 14.8 Å². The minimum absolute atomic E-state index is 0.226. The van der Waals surface area contributed by atoms with Crippen LogP contribution in [0, 0.1) is 5.92 Å². The van der Waals surface area contributed by atoms with Crippen molar-refractivity contribution in [1.29, 1.82) is 0 Å². The van der Waals surface area contributed by atoms with Gasteiger partial charge in [-0.3, -0.25) is 14.6 Å². The van der Waals surface area contributed by atoms with E-state index in [9.17, 15) is 9.59 Å². The third kappa shape index (κ3) is 2.50. The third-order valence-corrected chi connectivity index (χ3v) is 2.00. The molecule has 0 aliphatic rings. The summed E-state index contributed by atoms with van der Waals surface area (Å²) in [6.07, 6.45) is 2.83. The van der Waals surface area contributed by atoms with Crippen molar-refractivity contribution in [3.63, 3.8) is 0 Å². The second-order valence-corrected chi connectivity index (χ2v) is 3.54. The van der Waals surface area contributed by atoms with Gasteiger partial charge in [0.2, 0.25) is 5.78 Å². The van der Waals surface area contributed by atoms with E-state index in [0.717, 1.165) is 0 Å². The number of pyridine rings is 1. The normalized spacial score (nSPS) is 11.6. The Morgan fingerprint density at radius 3 is 2.56 bits per heavy atom. The number of hydrogen-bond acceptors (Lipinski definition) is 5. The highest BCUT2D eigenvalue weighted by Crippen LogP contribution is 2.04. The molecule has 0 fully saturated rings. The molecule has 0 radical (unpaired) electrons. The van der Waals surface area contributed by atoms with Crippen molar-refractivity contribution in [3.8, 4) is 0 Å². The molecule has 1 N–H and O–H groups in total. The Morgan fingerprint density at radius 1 is 1.44 bits per heavy atom. The number of carbonyl (C=O) groups is 2. The summed E-state index contributed by atoms with van der Waals surface area (Å²) in [5.41, 5.74) is -0.229. The van der Waals surface area contributed by atoms with Crippen LogP contribution in [0.15, 0.2) is 29.7 Å². The summed E-state index contributed by atoms with van der Waals surface area (Å²) >= 11 is 0. The first-order chi connectivity index (χ1) is 7.57. The molecule has 1 aromatic heterocycles. The van der Waals surface area contributed by atoms with Gasteiger partial charge < -0.3 is 5.21 Å². The first-order valence-corrected chi connectivity index (χ1v) is 4.79. The van der Waals surface area contributed by atoms with Gasteiger partial charge in [0.25, 0.3) is 0 Å². The number of rotatable bonds is 4. The second kappa shape index (κ2) is 5.16. The Bertz CT molecular complexity index is 424. The Morgan fingerprint density at radius 2 is 2.12 bits per heavy atom. The first kappa shape index (κ1) is 12.0. The van der Waals surface area contributed by atoms with Crippen LogP contribution < -0.4 is 0 Å². The summed E-state index contributed by atoms with van der Waals surface area (Å²) in [4.78, 5) is 27.1. The number of carbonyl (C=O) groups excluding carboxylic acids is 2. The quantitative estimate of drug-likeness (QED) is 0.273. The molecule has 84 valence electrons. The lowest BCUT2D eigenvalue weighted by Gasteiger charge is -2.04. The maximum atomic E-state index is 11.8. The van der Waals surface area contributed by atoms with Crippen molar-refractivity contribution in [2.45, 2.75) is 13.8 Å². The zero-order chi connectivity index (χ0) is 12.1. The van der Waals surface area contributed by atoms with Crippen LogP contribution >= 0.6 is 0 Å². The largest absolute Gasteiger partial charge is 0.410 e. The SMILES string of the molecule is CC(C)C(=O)/C(=N\O)C(=O)c1cccnc1. The maximum absolute atomic E-state index is 11.8. The standard InChI is InChI=1S/C11H12N2O3/c1-7(2)10(14)9(13-16)11(15)8-4-3-5-12-6-8/h3-7,16H,1-2H3/b13-9+. The topological polar surface area (TPSA) is 79.6 Å². The van der Waals surface area contributed by atoms with Crippen molar-refractivity contribution in [2.24, 2.45) is 11.1 Å². The van der Waals surface area contributed by atoms with Gasteiger partial charge in [0.1, 0.15) is 0 Å². The molecule has 0 spiro atoms.